The van der Waals surface area contributed by atoms with Crippen LogP contribution in [0.25, 0.3) is 0 Å². The van der Waals surface area contributed by atoms with E-state index in [2.05, 4.69) is 55.0 Å². The van der Waals surface area contributed by atoms with Crippen LogP contribution < -0.4 is 5.32 Å². The number of nitrogens with one attached hydrogen (secondary N) is 1. The molecule has 0 aliphatic heterocycles. The molecule has 3 unspecified atom stereocenters. The van der Waals surface area contributed by atoms with Gasteiger partial charge in [-0.2, -0.15) is 0 Å². The molecule has 2 aliphatic rings. The van der Waals surface area contributed by atoms with Gasteiger partial charge >= 0.3 is 0 Å². The summed E-state index contributed by atoms with van der Waals surface area (Å²) in [6, 6.07) is 8.95. The van der Waals surface area contributed by atoms with Gasteiger partial charge in [-0.05, 0) is 55.1 Å². The molecule has 1 N–H and O–H groups in total. The largest absolute Gasteiger partial charge is 0.357 e. The number of guanidine groups is 1. The number of unbranched alkanes of at least 4 members (excludes halogenated alkanes) is 1. The van der Waals surface area contributed by atoms with Crippen LogP contribution in [0.15, 0.2) is 41.9 Å². The van der Waals surface area contributed by atoms with Crippen molar-refractivity contribution < 1.29 is 0 Å². The van der Waals surface area contributed by atoms with Gasteiger partial charge in [0.15, 0.2) is 5.96 Å². The van der Waals surface area contributed by atoms with E-state index in [-0.39, 0.29) is 0 Å². The summed E-state index contributed by atoms with van der Waals surface area (Å²) in [6.07, 6.45) is 5.44. The summed E-state index contributed by atoms with van der Waals surface area (Å²) in [6.45, 7) is 8.83. The normalized spacial score (nSPS) is 24.8. The highest BCUT2D eigenvalue weighted by Gasteiger charge is 2.54. The molecule has 3 heteroatoms. The van der Waals surface area contributed by atoms with Crippen molar-refractivity contribution in [1.82, 2.24) is 10.2 Å². The fourth-order valence-corrected chi connectivity index (χ4v) is 3.97. The molecule has 2 aliphatic carbocycles. The van der Waals surface area contributed by atoms with Crippen molar-refractivity contribution >= 4 is 5.96 Å². The average Bonchev–Trinajstić information content (AvgIpc) is 3.09. The van der Waals surface area contributed by atoms with Gasteiger partial charge in [0.2, 0.25) is 0 Å². The van der Waals surface area contributed by atoms with Gasteiger partial charge in [0.25, 0.3) is 0 Å². The van der Waals surface area contributed by atoms with E-state index in [9.17, 15) is 0 Å². The number of aliphatic imine (C=N–C) groups is 1. The maximum absolute atomic E-state index is 4.92. The Bertz CT molecular complexity index is 578. The van der Waals surface area contributed by atoms with Crippen molar-refractivity contribution in [3.8, 4) is 0 Å². The molecule has 0 radical (unpaired) electrons. The molecule has 1 fully saturated rings. The Labute approximate surface area is 140 Å². The molecule has 1 aromatic carbocycles. The van der Waals surface area contributed by atoms with Crippen LogP contribution in [0.1, 0.15) is 36.8 Å². The van der Waals surface area contributed by atoms with E-state index < -0.39 is 0 Å². The molecule has 0 spiro atoms. The first-order chi connectivity index (χ1) is 11.3. The smallest absolute Gasteiger partial charge is 0.193 e. The topological polar surface area (TPSA) is 27.6 Å². The zero-order valence-corrected chi connectivity index (χ0v) is 14.5. The zero-order chi connectivity index (χ0) is 16.2. The Hall–Kier alpha value is -1.77. The highest BCUT2D eigenvalue weighted by atomic mass is 15.3. The molecule has 3 atom stereocenters. The maximum atomic E-state index is 4.92. The van der Waals surface area contributed by atoms with Gasteiger partial charge in [0, 0.05) is 26.7 Å². The van der Waals surface area contributed by atoms with Gasteiger partial charge in [0.05, 0.1) is 0 Å². The van der Waals surface area contributed by atoms with E-state index in [0.717, 1.165) is 56.2 Å². The molecule has 3 rings (SSSR count). The Kier molecular flexibility index (Phi) is 5.04. The van der Waals surface area contributed by atoms with Gasteiger partial charge in [-0.25, -0.2) is 0 Å². The number of hydrogen-bond acceptors (Lipinski definition) is 1. The van der Waals surface area contributed by atoms with E-state index in [0.29, 0.717) is 0 Å². The van der Waals surface area contributed by atoms with Crippen LogP contribution >= 0.6 is 0 Å². The van der Waals surface area contributed by atoms with Gasteiger partial charge in [-0.1, -0.05) is 30.3 Å². The van der Waals surface area contributed by atoms with Gasteiger partial charge < -0.3 is 10.2 Å². The second kappa shape index (κ2) is 7.20. The predicted octanol–water partition coefficient (Wildman–Crippen LogP) is 3.44. The summed E-state index contributed by atoms with van der Waals surface area (Å²) < 4.78 is 0. The molecule has 3 nitrogen and oxygen atoms in total. The van der Waals surface area contributed by atoms with Crippen LogP contribution in [0, 0.1) is 11.8 Å². The molecule has 1 aromatic rings. The fraction of sp³-hybridized carbons (Fsp3) is 0.550. The van der Waals surface area contributed by atoms with Crippen LogP contribution in [-0.2, 0) is 6.42 Å². The maximum Gasteiger partial charge on any atom is 0.193 e. The third-order valence-electron chi connectivity index (χ3n) is 5.25. The van der Waals surface area contributed by atoms with Crippen LogP contribution in [0.5, 0.6) is 0 Å². The number of hydrogen-bond donors (Lipinski definition) is 1. The van der Waals surface area contributed by atoms with Gasteiger partial charge in [-0.3, -0.25) is 4.99 Å². The van der Waals surface area contributed by atoms with E-state index >= 15 is 0 Å². The molecule has 0 bridgehead atoms. The molecule has 0 saturated heterocycles. The lowest BCUT2D eigenvalue weighted by Gasteiger charge is -2.22. The molecule has 124 valence electrons. The first-order valence-electron chi connectivity index (χ1n) is 8.94. The monoisotopic (exact) mass is 311 g/mol. The average molecular weight is 311 g/mol. The molecular formula is C20H29N3. The standard InChI is InChI=1S/C20H29N3/c1-4-6-9-12-23(3)20(21-5-2)22-14-18-17-13-15-10-7-8-11-16(15)19(17)18/h4,7-8,10-11,17-19H,1,5-6,9,12-14H2,2-3H3,(H,21,22). The summed E-state index contributed by atoms with van der Waals surface area (Å²) in [7, 11) is 2.13. The minimum atomic E-state index is 0.750. The molecule has 23 heavy (non-hydrogen) atoms. The highest BCUT2D eigenvalue weighted by Crippen LogP contribution is 2.61. The molecule has 0 heterocycles. The molecule has 1 saturated carbocycles. The van der Waals surface area contributed by atoms with Crippen LogP contribution in [0.3, 0.4) is 0 Å². The summed E-state index contributed by atoms with van der Waals surface area (Å²) in [5, 5.41) is 3.43. The van der Waals surface area contributed by atoms with Crippen LogP contribution in [0.2, 0.25) is 0 Å². The van der Waals surface area contributed by atoms with Crippen LogP contribution in [-0.4, -0.2) is 37.5 Å². The SMILES string of the molecule is C=CCCCN(C)C(=NCC1C2Cc3ccccc3C12)NCC. The number of benzene rings is 1. The summed E-state index contributed by atoms with van der Waals surface area (Å²) in [5.41, 5.74) is 3.15. The first kappa shape index (κ1) is 16.1. The van der Waals surface area contributed by atoms with E-state index in [4.69, 9.17) is 4.99 Å². The third-order valence-corrected chi connectivity index (χ3v) is 5.25. The quantitative estimate of drug-likeness (QED) is 0.361. The Morgan fingerprint density at radius 1 is 1.43 bits per heavy atom. The van der Waals surface area contributed by atoms with E-state index in [1.807, 2.05) is 6.08 Å². The van der Waals surface area contributed by atoms with Crippen molar-refractivity contribution in [1.29, 1.82) is 0 Å². The van der Waals surface area contributed by atoms with Crippen LogP contribution in [0.4, 0.5) is 0 Å². The first-order valence-corrected chi connectivity index (χ1v) is 8.94. The summed E-state index contributed by atoms with van der Waals surface area (Å²) in [4.78, 5) is 7.16. The molecule has 0 amide bonds. The lowest BCUT2D eigenvalue weighted by Crippen LogP contribution is -2.39. The molecular weight excluding hydrogens is 282 g/mol. The fourth-order valence-electron chi connectivity index (χ4n) is 3.97. The van der Waals surface area contributed by atoms with E-state index in [1.54, 1.807) is 11.1 Å². The zero-order valence-electron chi connectivity index (χ0n) is 14.5. The molecule has 0 aromatic heterocycles. The Morgan fingerprint density at radius 3 is 3.04 bits per heavy atom. The summed E-state index contributed by atoms with van der Waals surface area (Å²) in [5.74, 6) is 3.41. The second-order valence-electron chi connectivity index (χ2n) is 6.80. The Balaban J connectivity index is 1.57. The van der Waals surface area contributed by atoms with Gasteiger partial charge in [-0.15, -0.1) is 6.58 Å². The lowest BCUT2D eigenvalue weighted by molar-refractivity contribution is 0.468. The van der Waals surface area contributed by atoms with Crippen molar-refractivity contribution in [2.24, 2.45) is 16.8 Å². The highest BCUT2D eigenvalue weighted by molar-refractivity contribution is 5.79. The number of nitrogens with zero attached hydrogens (tertiary/aromatic N) is 2. The second-order valence-corrected chi connectivity index (χ2v) is 6.80. The summed E-state index contributed by atoms with van der Waals surface area (Å²) >= 11 is 0. The Morgan fingerprint density at radius 2 is 2.26 bits per heavy atom. The minimum absolute atomic E-state index is 0.750. The number of rotatable bonds is 7. The number of allylic oxidation sites excluding steroid dienone is 1. The van der Waals surface area contributed by atoms with Crippen molar-refractivity contribution in [3.05, 3.63) is 48.0 Å². The van der Waals surface area contributed by atoms with E-state index in [1.165, 1.54) is 6.42 Å². The third kappa shape index (κ3) is 3.44. The minimum Gasteiger partial charge on any atom is -0.357 e. The predicted molar refractivity (Wildman–Crippen MR) is 97.9 cm³/mol. The van der Waals surface area contributed by atoms with Gasteiger partial charge in [0.1, 0.15) is 0 Å². The van der Waals surface area contributed by atoms with Crippen molar-refractivity contribution in [2.75, 3.05) is 26.7 Å². The van der Waals surface area contributed by atoms with Crippen molar-refractivity contribution in [2.45, 2.75) is 32.1 Å². The number of fused-ring (bicyclic) bond motifs is 3. The van der Waals surface area contributed by atoms with Crippen molar-refractivity contribution in [3.63, 3.8) is 0 Å². The lowest BCUT2D eigenvalue weighted by atomic mass is 10.0.